The molecular weight excluding hydrogens is 328 g/mol. The van der Waals surface area contributed by atoms with Crippen molar-refractivity contribution in [2.75, 3.05) is 6.61 Å². The highest BCUT2D eigenvalue weighted by Gasteiger charge is 2.32. The summed E-state index contributed by atoms with van der Waals surface area (Å²) in [7, 11) is 0. The minimum absolute atomic E-state index is 0.317. The first-order valence-corrected chi connectivity index (χ1v) is 8.73. The average Bonchev–Trinajstić information content (AvgIpc) is 2.63. The van der Waals surface area contributed by atoms with Crippen molar-refractivity contribution < 1.29 is 19.0 Å². The molecule has 0 aliphatic carbocycles. The van der Waals surface area contributed by atoms with Crippen LogP contribution in [0.25, 0.3) is 0 Å². The molecule has 0 aromatic heterocycles. The molecule has 0 amide bonds. The molecule has 0 atom stereocenters. The van der Waals surface area contributed by atoms with Gasteiger partial charge in [-0.05, 0) is 51.0 Å². The van der Waals surface area contributed by atoms with Gasteiger partial charge in [0, 0.05) is 5.56 Å². The predicted molar refractivity (Wildman–Crippen MR) is 102 cm³/mol. The Labute approximate surface area is 155 Å². The lowest BCUT2D eigenvalue weighted by molar-refractivity contribution is -0.158. The molecule has 0 radical (unpaired) electrons. The van der Waals surface area contributed by atoms with Crippen molar-refractivity contribution in [3.05, 3.63) is 72.3 Å². The largest absolute Gasteiger partial charge is 0.489 e. The molecule has 2 rings (SSSR count). The van der Waals surface area contributed by atoms with Crippen LogP contribution in [0, 0.1) is 0 Å². The Hall–Kier alpha value is -2.75. The molecule has 0 saturated carbocycles. The average molecular weight is 354 g/mol. The maximum atomic E-state index is 12.1. The molecule has 0 N–H and O–H groups in total. The standard InChI is InChI=1S/C22H26O4/c1-5-10-18-15-19(25-16-17-11-8-7-9-12-17)13-14-20(18)26-22(3,4)21(23)24-6-2/h5,7-9,11-15H,1,6,10,16H2,2-4H3. The number of hydrogen-bond acceptors (Lipinski definition) is 4. The van der Waals surface area contributed by atoms with Crippen LogP contribution in [0.1, 0.15) is 31.9 Å². The smallest absolute Gasteiger partial charge is 0.349 e. The highest BCUT2D eigenvalue weighted by molar-refractivity contribution is 5.79. The Morgan fingerprint density at radius 3 is 2.54 bits per heavy atom. The fourth-order valence-electron chi connectivity index (χ4n) is 2.42. The highest BCUT2D eigenvalue weighted by Crippen LogP contribution is 2.29. The molecular formula is C22H26O4. The van der Waals surface area contributed by atoms with Crippen LogP contribution in [0.5, 0.6) is 11.5 Å². The Bertz CT molecular complexity index is 735. The third kappa shape index (κ3) is 5.38. The number of benzene rings is 2. The predicted octanol–water partition coefficient (Wildman–Crippen LogP) is 4.71. The van der Waals surface area contributed by atoms with Gasteiger partial charge in [0.25, 0.3) is 0 Å². The van der Waals surface area contributed by atoms with Gasteiger partial charge in [0.2, 0.25) is 0 Å². The molecule has 0 fully saturated rings. The van der Waals surface area contributed by atoms with Crippen LogP contribution >= 0.6 is 0 Å². The van der Waals surface area contributed by atoms with E-state index in [1.807, 2.05) is 48.5 Å². The van der Waals surface area contributed by atoms with Crippen LogP contribution in [0.2, 0.25) is 0 Å². The Balaban J connectivity index is 2.14. The van der Waals surface area contributed by atoms with E-state index in [1.54, 1.807) is 26.8 Å². The zero-order valence-corrected chi connectivity index (χ0v) is 15.7. The number of hydrogen-bond donors (Lipinski definition) is 0. The maximum Gasteiger partial charge on any atom is 0.349 e. The molecule has 4 nitrogen and oxygen atoms in total. The van der Waals surface area contributed by atoms with Crippen LogP contribution in [0.3, 0.4) is 0 Å². The molecule has 0 saturated heterocycles. The van der Waals surface area contributed by atoms with E-state index in [0.29, 0.717) is 25.4 Å². The van der Waals surface area contributed by atoms with Crippen LogP contribution in [0.4, 0.5) is 0 Å². The van der Waals surface area contributed by atoms with E-state index in [4.69, 9.17) is 14.2 Å². The number of ether oxygens (including phenoxy) is 3. The van der Waals surface area contributed by atoms with Crippen LogP contribution in [-0.2, 0) is 22.6 Å². The third-order valence-electron chi connectivity index (χ3n) is 3.78. The summed E-state index contributed by atoms with van der Waals surface area (Å²) in [5, 5.41) is 0. The minimum Gasteiger partial charge on any atom is -0.489 e. The molecule has 4 heteroatoms. The minimum atomic E-state index is -1.07. The second-order valence-corrected chi connectivity index (χ2v) is 6.37. The summed E-state index contributed by atoms with van der Waals surface area (Å²) in [4.78, 5) is 12.1. The van der Waals surface area contributed by atoms with Crippen molar-refractivity contribution in [1.82, 2.24) is 0 Å². The third-order valence-corrected chi connectivity index (χ3v) is 3.78. The lowest BCUT2D eigenvalue weighted by Gasteiger charge is -2.25. The van der Waals surface area contributed by atoms with Gasteiger partial charge in [-0.25, -0.2) is 4.79 Å². The summed E-state index contributed by atoms with van der Waals surface area (Å²) in [5.74, 6) is 0.968. The van der Waals surface area contributed by atoms with E-state index < -0.39 is 11.6 Å². The summed E-state index contributed by atoms with van der Waals surface area (Å²) < 4.78 is 16.9. The summed E-state index contributed by atoms with van der Waals surface area (Å²) in [6, 6.07) is 15.6. The number of carbonyl (C=O) groups is 1. The Morgan fingerprint density at radius 1 is 1.15 bits per heavy atom. The Kier molecular flexibility index (Phi) is 6.84. The van der Waals surface area contributed by atoms with Crippen LogP contribution in [0.15, 0.2) is 61.2 Å². The van der Waals surface area contributed by atoms with E-state index in [9.17, 15) is 4.79 Å². The van der Waals surface area contributed by atoms with E-state index in [0.717, 1.165) is 16.9 Å². The van der Waals surface area contributed by atoms with E-state index in [1.165, 1.54) is 0 Å². The van der Waals surface area contributed by atoms with Crippen molar-refractivity contribution in [3.8, 4) is 11.5 Å². The van der Waals surface area contributed by atoms with Crippen molar-refractivity contribution in [2.24, 2.45) is 0 Å². The number of carbonyl (C=O) groups excluding carboxylic acids is 1. The van der Waals surface area contributed by atoms with Gasteiger partial charge < -0.3 is 14.2 Å². The van der Waals surface area contributed by atoms with Gasteiger partial charge in [-0.15, -0.1) is 6.58 Å². The first kappa shape index (κ1) is 19.6. The highest BCUT2D eigenvalue weighted by atomic mass is 16.6. The molecule has 26 heavy (non-hydrogen) atoms. The van der Waals surface area contributed by atoms with Crippen molar-refractivity contribution >= 4 is 5.97 Å². The van der Waals surface area contributed by atoms with Gasteiger partial charge in [0.05, 0.1) is 6.61 Å². The second kappa shape index (κ2) is 9.09. The van der Waals surface area contributed by atoms with Gasteiger partial charge >= 0.3 is 5.97 Å². The van der Waals surface area contributed by atoms with Gasteiger partial charge in [-0.1, -0.05) is 36.4 Å². The fourth-order valence-corrected chi connectivity index (χ4v) is 2.42. The van der Waals surface area contributed by atoms with Crippen LogP contribution in [-0.4, -0.2) is 18.2 Å². The lowest BCUT2D eigenvalue weighted by Crippen LogP contribution is -2.40. The zero-order chi connectivity index (χ0) is 19.0. The maximum absolute atomic E-state index is 12.1. The normalized spacial score (nSPS) is 10.9. The van der Waals surface area contributed by atoms with Crippen LogP contribution < -0.4 is 9.47 Å². The molecule has 0 bridgehead atoms. The molecule has 2 aromatic carbocycles. The first-order chi connectivity index (χ1) is 12.5. The van der Waals surface area contributed by atoms with Crippen molar-refractivity contribution in [1.29, 1.82) is 0 Å². The molecule has 0 heterocycles. The van der Waals surface area contributed by atoms with Crippen molar-refractivity contribution in [2.45, 2.75) is 39.4 Å². The Morgan fingerprint density at radius 2 is 1.88 bits per heavy atom. The van der Waals surface area contributed by atoms with Gasteiger partial charge in [-0.3, -0.25) is 0 Å². The summed E-state index contributed by atoms with van der Waals surface area (Å²) in [6.45, 7) is 9.77. The molecule has 138 valence electrons. The molecule has 2 aromatic rings. The van der Waals surface area contributed by atoms with E-state index >= 15 is 0 Å². The summed E-state index contributed by atoms with van der Waals surface area (Å²) in [5.41, 5.74) is 0.933. The quantitative estimate of drug-likeness (QED) is 0.483. The second-order valence-electron chi connectivity index (χ2n) is 6.37. The molecule has 0 aliphatic rings. The number of allylic oxidation sites excluding steroid dienone is 1. The summed E-state index contributed by atoms with van der Waals surface area (Å²) in [6.07, 6.45) is 2.40. The van der Waals surface area contributed by atoms with Gasteiger partial charge in [0.1, 0.15) is 18.1 Å². The monoisotopic (exact) mass is 354 g/mol. The molecule has 0 aliphatic heterocycles. The molecule has 0 unspecified atom stereocenters. The topological polar surface area (TPSA) is 44.8 Å². The SMILES string of the molecule is C=CCc1cc(OCc2ccccc2)ccc1OC(C)(C)C(=O)OCC. The number of rotatable bonds is 9. The van der Waals surface area contributed by atoms with Gasteiger partial charge in [0.15, 0.2) is 5.60 Å². The van der Waals surface area contributed by atoms with E-state index in [2.05, 4.69) is 6.58 Å². The lowest BCUT2D eigenvalue weighted by atomic mass is 10.1. The van der Waals surface area contributed by atoms with E-state index in [-0.39, 0.29) is 0 Å². The first-order valence-electron chi connectivity index (χ1n) is 8.73. The number of esters is 1. The fraction of sp³-hybridized carbons (Fsp3) is 0.318. The van der Waals surface area contributed by atoms with Crippen molar-refractivity contribution in [3.63, 3.8) is 0 Å². The van der Waals surface area contributed by atoms with Gasteiger partial charge in [-0.2, -0.15) is 0 Å². The zero-order valence-electron chi connectivity index (χ0n) is 15.7. The summed E-state index contributed by atoms with van der Waals surface area (Å²) >= 11 is 0. The molecule has 0 spiro atoms.